The van der Waals surface area contributed by atoms with Crippen LogP contribution in [0.5, 0.6) is 0 Å². The third-order valence-electron chi connectivity index (χ3n) is 2.77. The second-order valence-corrected chi connectivity index (χ2v) is 4.69. The minimum atomic E-state index is -0.114. The average Bonchev–Trinajstić information content (AvgIpc) is 2.27. The van der Waals surface area contributed by atoms with Gasteiger partial charge in [-0.3, -0.25) is 0 Å². The van der Waals surface area contributed by atoms with Crippen LogP contribution in [0.25, 0.3) is 0 Å². The van der Waals surface area contributed by atoms with Gasteiger partial charge in [0.2, 0.25) is 0 Å². The second kappa shape index (κ2) is 6.24. The first-order valence-electron chi connectivity index (χ1n) is 5.62. The Bertz CT molecular complexity index is 329. The molecule has 0 saturated carbocycles. The lowest BCUT2D eigenvalue weighted by Crippen LogP contribution is -2.38. The van der Waals surface area contributed by atoms with E-state index in [-0.39, 0.29) is 5.60 Å². The smallest absolute Gasteiger partial charge is 0.0780 e. The number of halogens is 1. The first kappa shape index (κ1) is 13.5. The van der Waals surface area contributed by atoms with E-state index < -0.39 is 0 Å². The molecule has 1 aromatic rings. The molecular formula is C13H20ClNO. The van der Waals surface area contributed by atoms with Crippen molar-refractivity contribution in [2.45, 2.75) is 32.5 Å². The Morgan fingerprint density at radius 3 is 2.75 bits per heavy atom. The summed E-state index contributed by atoms with van der Waals surface area (Å²) in [6.07, 6.45) is 0.981. The second-order valence-electron chi connectivity index (χ2n) is 4.25. The molecular weight excluding hydrogens is 222 g/mol. The fourth-order valence-electron chi connectivity index (χ4n) is 1.54. The molecule has 3 heteroatoms. The van der Waals surface area contributed by atoms with Gasteiger partial charge in [0.25, 0.3) is 0 Å². The number of nitrogens with one attached hydrogen (secondary N) is 1. The van der Waals surface area contributed by atoms with Crippen molar-refractivity contribution in [3.05, 3.63) is 34.9 Å². The largest absolute Gasteiger partial charge is 0.369 e. The molecule has 0 aliphatic heterocycles. The van der Waals surface area contributed by atoms with Crippen LogP contribution in [-0.2, 0) is 11.3 Å². The quantitative estimate of drug-likeness (QED) is 0.826. The molecule has 0 spiro atoms. The van der Waals surface area contributed by atoms with Crippen molar-refractivity contribution in [3.8, 4) is 0 Å². The summed E-state index contributed by atoms with van der Waals surface area (Å²) >= 11 is 5.92. The molecule has 1 unspecified atom stereocenters. The molecule has 0 aliphatic carbocycles. The van der Waals surface area contributed by atoms with Crippen LogP contribution < -0.4 is 5.32 Å². The molecule has 1 aromatic carbocycles. The van der Waals surface area contributed by atoms with Crippen molar-refractivity contribution < 1.29 is 4.74 Å². The number of ether oxygens (including phenoxy) is 1. The highest BCUT2D eigenvalue weighted by Gasteiger charge is 2.21. The summed E-state index contributed by atoms with van der Waals surface area (Å²) in [7, 11) is 1.94. The zero-order valence-corrected chi connectivity index (χ0v) is 11.0. The van der Waals surface area contributed by atoms with Crippen molar-refractivity contribution in [1.82, 2.24) is 5.32 Å². The molecule has 90 valence electrons. The Morgan fingerprint density at radius 1 is 1.44 bits per heavy atom. The highest BCUT2D eigenvalue weighted by molar-refractivity contribution is 6.30. The Morgan fingerprint density at radius 2 is 2.19 bits per heavy atom. The van der Waals surface area contributed by atoms with Gasteiger partial charge in [-0.05, 0) is 38.1 Å². The van der Waals surface area contributed by atoms with Gasteiger partial charge in [-0.25, -0.2) is 0 Å². The Labute approximate surface area is 103 Å². The maximum Gasteiger partial charge on any atom is 0.0780 e. The van der Waals surface area contributed by atoms with E-state index in [0.29, 0.717) is 6.61 Å². The molecule has 0 bridgehead atoms. The standard InChI is InChI=1S/C13H20ClNO/c1-4-13(2,10-15-3)16-9-11-6-5-7-12(14)8-11/h5-8,15H,4,9-10H2,1-3H3. The number of benzene rings is 1. The number of rotatable bonds is 6. The summed E-state index contributed by atoms with van der Waals surface area (Å²) in [6.45, 7) is 5.71. The lowest BCUT2D eigenvalue weighted by atomic mass is 10.0. The maximum absolute atomic E-state index is 5.94. The fraction of sp³-hybridized carbons (Fsp3) is 0.538. The molecule has 0 saturated heterocycles. The molecule has 2 nitrogen and oxygen atoms in total. The molecule has 0 heterocycles. The van der Waals surface area contributed by atoms with Crippen LogP contribution in [0, 0.1) is 0 Å². The normalized spacial score (nSPS) is 14.8. The topological polar surface area (TPSA) is 21.3 Å². The number of hydrogen-bond donors (Lipinski definition) is 1. The van der Waals surface area contributed by atoms with E-state index in [9.17, 15) is 0 Å². The van der Waals surface area contributed by atoms with E-state index in [2.05, 4.69) is 19.2 Å². The van der Waals surface area contributed by atoms with E-state index in [1.165, 1.54) is 0 Å². The van der Waals surface area contributed by atoms with E-state index in [0.717, 1.165) is 23.6 Å². The summed E-state index contributed by atoms with van der Waals surface area (Å²) in [5.74, 6) is 0. The zero-order chi connectivity index (χ0) is 12.0. The molecule has 0 aliphatic rings. The first-order valence-corrected chi connectivity index (χ1v) is 6.00. The van der Waals surface area contributed by atoms with Crippen LogP contribution in [-0.4, -0.2) is 19.2 Å². The molecule has 16 heavy (non-hydrogen) atoms. The van der Waals surface area contributed by atoms with Gasteiger partial charge in [0.1, 0.15) is 0 Å². The first-order chi connectivity index (χ1) is 7.59. The average molecular weight is 242 g/mol. The van der Waals surface area contributed by atoms with Crippen molar-refractivity contribution in [2.24, 2.45) is 0 Å². The zero-order valence-electron chi connectivity index (χ0n) is 10.2. The van der Waals surface area contributed by atoms with Crippen LogP contribution in [0.1, 0.15) is 25.8 Å². The van der Waals surface area contributed by atoms with Crippen molar-refractivity contribution >= 4 is 11.6 Å². The number of likely N-dealkylation sites (N-methyl/N-ethyl adjacent to an activating group) is 1. The van der Waals surface area contributed by atoms with Crippen LogP contribution in [0.3, 0.4) is 0 Å². The van der Waals surface area contributed by atoms with E-state index in [1.807, 2.05) is 31.3 Å². The molecule has 0 aromatic heterocycles. The molecule has 0 amide bonds. The van der Waals surface area contributed by atoms with E-state index in [4.69, 9.17) is 16.3 Å². The molecule has 1 N–H and O–H groups in total. The van der Waals surface area contributed by atoms with Crippen molar-refractivity contribution in [1.29, 1.82) is 0 Å². The summed E-state index contributed by atoms with van der Waals surface area (Å²) in [5.41, 5.74) is 1.00. The van der Waals surface area contributed by atoms with Gasteiger partial charge < -0.3 is 10.1 Å². The third-order valence-corrected chi connectivity index (χ3v) is 3.01. The lowest BCUT2D eigenvalue weighted by molar-refractivity contribution is -0.0432. The van der Waals surface area contributed by atoms with Crippen LogP contribution in [0.4, 0.5) is 0 Å². The Kier molecular flexibility index (Phi) is 5.26. The maximum atomic E-state index is 5.94. The van der Waals surface area contributed by atoms with Crippen LogP contribution >= 0.6 is 11.6 Å². The minimum absolute atomic E-state index is 0.114. The highest BCUT2D eigenvalue weighted by atomic mass is 35.5. The van der Waals surface area contributed by atoms with Gasteiger partial charge in [0.15, 0.2) is 0 Å². The minimum Gasteiger partial charge on any atom is -0.369 e. The van der Waals surface area contributed by atoms with E-state index >= 15 is 0 Å². The van der Waals surface area contributed by atoms with Crippen molar-refractivity contribution in [3.63, 3.8) is 0 Å². The lowest BCUT2D eigenvalue weighted by Gasteiger charge is -2.28. The van der Waals surface area contributed by atoms with Gasteiger partial charge in [0.05, 0.1) is 12.2 Å². The van der Waals surface area contributed by atoms with Gasteiger partial charge in [0, 0.05) is 11.6 Å². The molecule has 1 rings (SSSR count). The fourth-order valence-corrected chi connectivity index (χ4v) is 1.75. The van der Waals surface area contributed by atoms with Gasteiger partial charge in [-0.15, -0.1) is 0 Å². The van der Waals surface area contributed by atoms with E-state index in [1.54, 1.807) is 0 Å². The Hall–Kier alpha value is -0.570. The highest BCUT2D eigenvalue weighted by Crippen LogP contribution is 2.18. The van der Waals surface area contributed by atoms with Crippen LogP contribution in [0.2, 0.25) is 5.02 Å². The molecule has 0 fully saturated rings. The summed E-state index contributed by atoms with van der Waals surface area (Å²) < 4.78 is 5.94. The predicted molar refractivity (Wildman–Crippen MR) is 68.9 cm³/mol. The predicted octanol–water partition coefficient (Wildman–Crippen LogP) is 3.24. The van der Waals surface area contributed by atoms with Gasteiger partial charge >= 0.3 is 0 Å². The third kappa shape index (κ3) is 4.12. The SMILES string of the molecule is CCC(C)(CNC)OCc1cccc(Cl)c1. The Balaban J connectivity index is 2.55. The monoisotopic (exact) mass is 241 g/mol. The number of hydrogen-bond acceptors (Lipinski definition) is 2. The van der Waals surface area contributed by atoms with Gasteiger partial charge in [-0.1, -0.05) is 30.7 Å². The summed E-state index contributed by atoms with van der Waals surface area (Å²) in [4.78, 5) is 0. The van der Waals surface area contributed by atoms with Crippen LogP contribution in [0.15, 0.2) is 24.3 Å². The summed E-state index contributed by atoms with van der Waals surface area (Å²) in [5, 5.41) is 3.91. The van der Waals surface area contributed by atoms with Gasteiger partial charge in [-0.2, -0.15) is 0 Å². The van der Waals surface area contributed by atoms with Crippen molar-refractivity contribution in [2.75, 3.05) is 13.6 Å². The molecule has 0 radical (unpaired) electrons. The summed E-state index contributed by atoms with van der Waals surface area (Å²) in [6, 6.07) is 7.79. The molecule has 1 atom stereocenters.